The van der Waals surface area contributed by atoms with Crippen molar-refractivity contribution in [3.05, 3.63) is 59.5 Å². The summed E-state index contributed by atoms with van der Waals surface area (Å²) in [5.41, 5.74) is 0.223. The molecule has 0 bridgehead atoms. The lowest BCUT2D eigenvalue weighted by atomic mass is 10.1. The number of aliphatic imine (C=N–C) groups is 1. The number of furan rings is 1. The molecule has 1 aliphatic heterocycles. The topological polar surface area (TPSA) is 73.0 Å². The number of hydrogen-bond donors (Lipinski definition) is 3. The fourth-order valence-corrected chi connectivity index (χ4v) is 3.41. The first-order chi connectivity index (χ1) is 14.3. The van der Waals surface area contributed by atoms with Crippen molar-refractivity contribution in [3.63, 3.8) is 0 Å². The average molecular weight is 552 g/mol. The normalized spacial score (nSPS) is 18.5. The summed E-state index contributed by atoms with van der Waals surface area (Å²) in [5.74, 6) is 1.09. The highest BCUT2D eigenvalue weighted by Crippen LogP contribution is 2.29. The van der Waals surface area contributed by atoms with Crippen LogP contribution in [0.4, 0.5) is 13.2 Å². The Bertz CT molecular complexity index is 813. The van der Waals surface area contributed by atoms with Gasteiger partial charge >= 0.3 is 6.18 Å². The number of nitrogens with one attached hydrogen (secondary N) is 2. The lowest BCUT2D eigenvalue weighted by molar-refractivity contribution is -0.137. The third-order valence-electron chi connectivity index (χ3n) is 4.94. The minimum Gasteiger partial charge on any atom is -0.467 e. The largest absolute Gasteiger partial charge is 0.467 e. The van der Waals surface area contributed by atoms with Gasteiger partial charge < -0.3 is 20.2 Å². The number of guanidine groups is 1. The van der Waals surface area contributed by atoms with Crippen LogP contribution in [0.1, 0.15) is 36.3 Å². The summed E-state index contributed by atoms with van der Waals surface area (Å²) in [6.07, 6.45) is -2.72. The van der Waals surface area contributed by atoms with Crippen molar-refractivity contribution in [2.24, 2.45) is 4.99 Å². The standard InChI is InChI=1S/C21H27F3N4O2.HI/c1-2-25-20(26-12-18(29)19-4-3-11-30-19)27-17-9-10-28(14-17)13-15-5-7-16(8-6-15)21(22,23)24;/h3-8,11,17-18,29H,2,9-10,12-14H2,1H3,(H2,25,26,27);1H. The molecule has 2 heterocycles. The molecule has 172 valence electrons. The molecule has 0 radical (unpaired) electrons. The molecule has 31 heavy (non-hydrogen) atoms. The molecule has 3 N–H and O–H groups in total. The second-order valence-corrected chi connectivity index (χ2v) is 7.31. The highest BCUT2D eigenvalue weighted by Gasteiger charge is 2.30. The zero-order valence-electron chi connectivity index (χ0n) is 17.2. The van der Waals surface area contributed by atoms with Gasteiger partial charge in [-0.1, -0.05) is 12.1 Å². The summed E-state index contributed by atoms with van der Waals surface area (Å²) in [7, 11) is 0. The van der Waals surface area contributed by atoms with Crippen molar-refractivity contribution in [1.29, 1.82) is 0 Å². The number of likely N-dealkylation sites (tertiary alicyclic amines) is 1. The van der Waals surface area contributed by atoms with E-state index in [0.29, 0.717) is 24.8 Å². The minimum absolute atomic E-state index is 0. The summed E-state index contributed by atoms with van der Waals surface area (Å²) in [4.78, 5) is 6.63. The Morgan fingerprint density at radius 3 is 2.65 bits per heavy atom. The fraction of sp³-hybridized carbons (Fsp3) is 0.476. The number of halogens is 4. The van der Waals surface area contributed by atoms with E-state index in [1.165, 1.54) is 18.4 Å². The molecule has 1 aliphatic rings. The van der Waals surface area contributed by atoms with Crippen molar-refractivity contribution in [1.82, 2.24) is 15.5 Å². The van der Waals surface area contributed by atoms with Crippen LogP contribution < -0.4 is 10.6 Å². The molecule has 2 aromatic rings. The van der Waals surface area contributed by atoms with E-state index in [0.717, 1.165) is 37.2 Å². The van der Waals surface area contributed by atoms with Gasteiger partial charge in [0.05, 0.1) is 18.4 Å². The molecule has 0 amide bonds. The van der Waals surface area contributed by atoms with Gasteiger partial charge in [0, 0.05) is 32.2 Å². The van der Waals surface area contributed by atoms with E-state index >= 15 is 0 Å². The molecule has 2 unspecified atom stereocenters. The van der Waals surface area contributed by atoms with E-state index < -0.39 is 17.8 Å². The van der Waals surface area contributed by atoms with Gasteiger partial charge in [0.1, 0.15) is 11.9 Å². The van der Waals surface area contributed by atoms with E-state index in [1.807, 2.05) is 6.92 Å². The third kappa shape index (κ3) is 7.69. The summed E-state index contributed by atoms with van der Waals surface area (Å²) in [5, 5.41) is 16.7. The number of hydrogen-bond acceptors (Lipinski definition) is 4. The number of aliphatic hydroxyl groups is 1. The zero-order valence-corrected chi connectivity index (χ0v) is 19.6. The molecule has 6 nitrogen and oxygen atoms in total. The van der Waals surface area contributed by atoms with Crippen LogP contribution in [-0.2, 0) is 12.7 Å². The maximum Gasteiger partial charge on any atom is 0.416 e. The molecular formula is C21H28F3IN4O2. The SMILES string of the molecule is CCNC(=NCC(O)c1ccco1)NC1CCN(Cc2ccc(C(F)(F)F)cc2)C1.I. The first-order valence-electron chi connectivity index (χ1n) is 10.00. The third-order valence-corrected chi connectivity index (χ3v) is 4.94. The van der Waals surface area contributed by atoms with Crippen LogP contribution >= 0.6 is 24.0 Å². The monoisotopic (exact) mass is 552 g/mol. The van der Waals surface area contributed by atoms with Crippen molar-refractivity contribution in [2.75, 3.05) is 26.2 Å². The van der Waals surface area contributed by atoms with Crippen LogP contribution in [0, 0.1) is 0 Å². The zero-order chi connectivity index (χ0) is 21.6. The van der Waals surface area contributed by atoms with Crippen LogP contribution in [0.3, 0.4) is 0 Å². The molecule has 3 rings (SSSR count). The van der Waals surface area contributed by atoms with Gasteiger partial charge in [-0.15, -0.1) is 24.0 Å². The smallest absolute Gasteiger partial charge is 0.416 e. The molecule has 10 heteroatoms. The Labute approximate surface area is 196 Å². The van der Waals surface area contributed by atoms with Crippen molar-refractivity contribution in [3.8, 4) is 0 Å². The molecule has 1 aromatic carbocycles. The maximum absolute atomic E-state index is 12.7. The highest BCUT2D eigenvalue weighted by molar-refractivity contribution is 14.0. The van der Waals surface area contributed by atoms with Crippen molar-refractivity contribution in [2.45, 2.75) is 38.2 Å². The Hall–Kier alpha value is -1.79. The van der Waals surface area contributed by atoms with E-state index in [1.54, 1.807) is 12.1 Å². The van der Waals surface area contributed by atoms with Crippen LogP contribution in [0.25, 0.3) is 0 Å². The van der Waals surface area contributed by atoms with Gasteiger partial charge in [-0.05, 0) is 43.2 Å². The lowest BCUT2D eigenvalue weighted by Gasteiger charge is -2.19. The van der Waals surface area contributed by atoms with Gasteiger partial charge in [-0.25, -0.2) is 0 Å². The number of nitrogens with zero attached hydrogens (tertiary/aromatic N) is 2. The Morgan fingerprint density at radius 2 is 2.03 bits per heavy atom. The Morgan fingerprint density at radius 1 is 1.29 bits per heavy atom. The highest BCUT2D eigenvalue weighted by atomic mass is 127. The average Bonchev–Trinajstić information content (AvgIpc) is 3.38. The van der Waals surface area contributed by atoms with Gasteiger partial charge in [-0.3, -0.25) is 9.89 Å². The summed E-state index contributed by atoms with van der Waals surface area (Å²) in [6, 6.07) is 8.91. The van der Waals surface area contributed by atoms with E-state index in [9.17, 15) is 18.3 Å². The number of alkyl halides is 3. The molecule has 1 saturated heterocycles. The van der Waals surface area contributed by atoms with E-state index in [-0.39, 0.29) is 36.6 Å². The molecule has 2 atom stereocenters. The minimum atomic E-state index is -4.31. The maximum atomic E-state index is 12.7. The van der Waals surface area contributed by atoms with Crippen LogP contribution in [0.15, 0.2) is 52.1 Å². The van der Waals surface area contributed by atoms with E-state index in [4.69, 9.17) is 4.42 Å². The molecule has 0 spiro atoms. The summed E-state index contributed by atoms with van der Waals surface area (Å²) in [6.45, 7) is 5.02. The van der Waals surface area contributed by atoms with Crippen LogP contribution in [0.5, 0.6) is 0 Å². The summed E-state index contributed by atoms with van der Waals surface area (Å²) < 4.78 is 43.3. The lowest BCUT2D eigenvalue weighted by Crippen LogP contribution is -2.44. The first-order valence-corrected chi connectivity index (χ1v) is 10.00. The predicted molar refractivity (Wildman–Crippen MR) is 123 cm³/mol. The molecule has 1 fully saturated rings. The molecular weight excluding hydrogens is 524 g/mol. The summed E-state index contributed by atoms with van der Waals surface area (Å²) >= 11 is 0. The number of aliphatic hydroxyl groups excluding tert-OH is 1. The Balaban J connectivity index is 0.00000341. The Kier molecular flexibility index (Phi) is 9.63. The molecule has 0 aliphatic carbocycles. The fourth-order valence-electron chi connectivity index (χ4n) is 3.41. The van der Waals surface area contributed by atoms with Gasteiger partial charge in [-0.2, -0.15) is 13.2 Å². The van der Waals surface area contributed by atoms with Crippen molar-refractivity contribution < 1.29 is 22.7 Å². The second-order valence-electron chi connectivity index (χ2n) is 7.31. The van der Waals surface area contributed by atoms with Gasteiger partial charge in [0.25, 0.3) is 0 Å². The van der Waals surface area contributed by atoms with Crippen LogP contribution in [0.2, 0.25) is 0 Å². The quantitative estimate of drug-likeness (QED) is 0.277. The van der Waals surface area contributed by atoms with Crippen molar-refractivity contribution >= 4 is 29.9 Å². The predicted octanol–water partition coefficient (Wildman–Crippen LogP) is 3.78. The van der Waals surface area contributed by atoms with Gasteiger partial charge in [0.2, 0.25) is 0 Å². The molecule has 1 aromatic heterocycles. The molecule has 0 saturated carbocycles. The second kappa shape index (κ2) is 11.7. The van der Waals surface area contributed by atoms with E-state index in [2.05, 4.69) is 20.5 Å². The first kappa shape index (κ1) is 25.5. The van der Waals surface area contributed by atoms with Crippen LogP contribution in [-0.4, -0.2) is 48.2 Å². The van der Waals surface area contributed by atoms with Gasteiger partial charge in [0.15, 0.2) is 5.96 Å². The number of rotatable bonds is 7. The number of benzene rings is 1.